The number of aromatic carboxylic acids is 1. The lowest BCUT2D eigenvalue weighted by molar-refractivity contribution is 0.0696. The van der Waals surface area contributed by atoms with E-state index in [-0.39, 0.29) is 17.1 Å². The van der Waals surface area contributed by atoms with E-state index in [1.54, 1.807) is 12.1 Å². The summed E-state index contributed by atoms with van der Waals surface area (Å²) in [6.45, 7) is 0. The van der Waals surface area contributed by atoms with E-state index in [9.17, 15) is 9.18 Å². The monoisotopic (exact) mass is 310 g/mol. The maximum atomic E-state index is 13.5. The van der Waals surface area contributed by atoms with Crippen LogP contribution in [0.4, 0.5) is 4.39 Å². The minimum Gasteiger partial charge on any atom is -0.478 e. The quantitative estimate of drug-likeness (QED) is 0.929. The molecule has 18 heavy (non-hydrogen) atoms. The standard InChI is InChI=1S/C13H8BrFO3/c14-9-4-5-12(11(15)7-9)18-10-3-1-2-8(6-10)13(16)17/h1-7H,(H,16,17). The largest absolute Gasteiger partial charge is 0.478 e. The van der Waals surface area contributed by atoms with Crippen LogP contribution in [0.25, 0.3) is 0 Å². The van der Waals surface area contributed by atoms with Crippen LogP contribution in [-0.2, 0) is 0 Å². The van der Waals surface area contributed by atoms with Crippen molar-refractivity contribution < 1.29 is 19.0 Å². The van der Waals surface area contributed by atoms with Crippen molar-refractivity contribution in [2.45, 2.75) is 0 Å². The van der Waals surface area contributed by atoms with Crippen LogP contribution in [0.15, 0.2) is 46.9 Å². The van der Waals surface area contributed by atoms with Gasteiger partial charge in [-0.15, -0.1) is 0 Å². The molecule has 2 rings (SSSR count). The van der Waals surface area contributed by atoms with Gasteiger partial charge in [-0.25, -0.2) is 9.18 Å². The summed E-state index contributed by atoms with van der Waals surface area (Å²) in [5, 5.41) is 8.83. The van der Waals surface area contributed by atoms with Gasteiger partial charge in [-0.2, -0.15) is 0 Å². The maximum absolute atomic E-state index is 13.5. The molecule has 0 radical (unpaired) electrons. The number of benzene rings is 2. The van der Waals surface area contributed by atoms with Crippen LogP contribution >= 0.6 is 15.9 Å². The first kappa shape index (κ1) is 12.6. The molecule has 0 aliphatic rings. The number of carbonyl (C=O) groups is 1. The molecule has 0 spiro atoms. The van der Waals surface area contributed by atoms with Crippen LogP contribution in [0.5, 0.6) is 11.5 Å². The van der Waals surface area contributed by atoms with Gasteiger partial charge in [0.2, 0.25) is 0 Å². The Labute approximate surface area is 111 Å². The molecule has 0 aliphatic heterocycles. The topological polar surface area (TPSA) is 46.5 Å². The fraction of sp³-hybridized carbons (Fsp3) is 0. The number of rotatable bonds is 3. The highest BCUT2D eigenvalue weighted by atomic mass is 79.9. The summed E-state index contributed by atoms with van der Waals surface area (Å²) in [7, 11) is 0. The minimum atomic E-state index is -1.06. The van der Waals surface area contributed by atoms with Crippen LogP contribution in [0.1, 0.15) is 10.4 Å². The molecule has 0 unspecified atom stereocenters. The highest BCUT2D eigenvalue weighted by Crippen LogP contribution is 2.27. The van der Waals surface area contributed by atoms with Crippen molar-refractivity contribution in [1.82, 2.24) is 0 Å². The van der Waals surface area contributed by atoms with Gasteiger partial charge in [-0.3, -0.25) is 0 Å². The molecule has 0 bridgehead atoms. The van der Waals surface area contributed by atoms with Crippen molar-refractivity contribution in [1.29, 1.82) is 0 Å². The second kappa shape index (κ2) is 5.18. The average molecular weight is 311 g/mol. The summed E-state index contributed by atoms with van der Waals surface area (Å²) >= 11 is 3.14. The molecule has 0 amide bonds. The molecule has 0 aliphatic carbocycles. The van der Waals surface area contributed by atoms with Crippen molar-refractivity contribution in [2.24, 2.45) is 0 Å². The number of carboxylic acid groups (broad SMARTS) is 1. The van der Waals surface area contributed by atoms with Crippen LogP contribution in [-0.4, -0.2) is 11.1 Å². The molecule has 1 N–H and O–H groups in total. The zero-order valence-electron chi connectivity index (χ0n) is 9.06. The van der Waals surface area contributed by atoms with Crippen molar-refractivity contribution in [3.05, 3.63) is 58.3 Å². The van der Waals surface area contributed by atoms with Gasteiger partial charge in [-0.05, 0) is 36.4 Å². The molecule has 0 heterocycles. The lowest BCUT2D eigenvalue weighted by Gasteiger charge is -2.07. The number of carboxylic acids is 1. The molecule has 92 valence electrons. The predicted octanol–water partition coefficient (Wildman–Crippen LogP) is 4.08. The van der Waals surface area contributed by atoms with E-state index in [0.29, 0.717) is 4.47 Å². The third kappa shape index (κ3) is 2.87. The second-order valence-corrected chi connectivity index (χ2v) is 4.43. The van der Waals surface area contributed by atoms with Gasteiger partial charge in [0.15, 0.2) is 11.6 Å². The Kier molecular flexibility index (Phi) is 3.62. The highest BCUT2D eigenvalue weighted by Gasteiger charge is 2.08. The minimum absolute atomic E-state index is 0.0424. The molecular weight excluding hydrogens is 303 g/mol. The molecule has 0 atom stereocenters. The summed E-state index contributed by atoms with van der Waals surface area (Å²) in [5.41, 5.74) is 0.0880. The zero-order valence-corrected chi connectivity index (χ0v) is 10.6. The Balaban J connectivity index is 2.28. The molecule has 0 aromatic heterocycles. The fourth-order valence-corrected chi connectivity index (χ4v) is 1.71. The second-order valence-electron chi connectivity index (χ2n) is 3.51. The number of halogens is 2. The summed E-state index contributed by atoms with van der Waals surface area (Å²) < 4.78 is 19.4. The molecule has 0 saturated carbocycles. The van der Waals surface area contributed by atoms with Crippen LogP contribution in [0.3, 0.4) is 0 Å². The van der Waals surface area contributed by atoms with E-state index >= 15 is 0 Å². The number of hydrogen-bond acceptors (Lipinski definition) is 2. The summed E-state index contributed by atoms with van der Waals surface area (Å²) in [4.78, 5) is 10.8. The summed E-state index contributed by atoms with van der Waals surface area (Å²) in [6, 6.07) is 10.3. The molecule has 0 fully saturated rings. The van der Waals surface area contributed by atoms with E-state index in [2.05, 4.69) is 15.9 Å². The van der Waals surface area contributed by atoms with Crippen molar-refractivity contribution in [3.8, 4) is 11.5 Å². The molecule has 2 aromatic carbocycles. The van der Waals surface area contributed by atoms with E-state index in [1.165, 1.54) is 30.3 Å². The predicted molar refractivity (Wildman–Crippen MR) is 67.6 cm³/mol. The van der Waals surface area contributed by atoms with Gasteiger partial charge in [0.25, 0.3) is 0 Å². The number of ether oxygens (including phenoxy) is 1. The van der Waals surface area contributed by atoms with Gasteiger partial charge in [0, 0.05) is 4.47 Å². The Morgan fingerprint density at radius 3 is 2.67 bits per heavy atom. The molecular formula is C13H8BrFO3. The maximum Gasteiger partial charge on any atom is 0.335 e. The van der Waals surface area contributed by atoms with Gasteiger partial charge in [0.05, 0.1) is 5.56 Å². The van der Waals surface area contributed by atoms with Crippen molar-refractivity contribution >= 4 is 21.9 Å². The lowest BCUT2D eigenvalue weighted by Crippen LogP contribution is -1.96. The van der Waals surface area contributed by atoms with Crippen molar-refractivity contribution in [2.75, 3.05) is 0 Å². The Morgan fingerprint density at radius 2 is 2.00 bits per heavy atom. The lowest BCUT2D eigenvalue weighted by atomic mass is 10.2. The zero-order chi connectivity index (χ0) is 13.1. The first-order valence-corrected chi connectivity index (χ1v) is 5.82. The average Bonchev–Trinajstić information content (AvgIpc) is 2.33. The van der Waals surface area contributed by atoms with E-state index < -0.39 is 11.8 Å². The van der Waals surface area contributed by atoms with Gasteiger partial charge in [-0.1, -0.05) is 22.0 Å². The normalized spacial score (nSPS) is 10.1. The first-order valence-electron chi connectivity index (χ1n) is 5.02. The molecule has 5 heteroatoms. The summed E-state index contributed by atoms with van der Waals surface area (Å²) in [6.07, 6.45) is 0. The third-order valence-corrected chi connectivity index (χ3v) is 2.70. The van der Waals surface area contributed by atoms with Crippen LogP contribution in [0.2, 0.25) is 0 Å². The van der Waals surface area contributed by atoms with Gasteiger partial charge < -0.3 is 9.84 Å². The van der Waals surface area contributed by atoms with Crippen LogP contribution in [0, 0.1) is 5.82 Å². The van der Waals surface area contributed by atoms with E-state index in [1.807, 2.05) is 0 Å². The summed E-state index contributed by atoms with van der Waals surface area (Å²) in [5.74, 6) is -1.27. The smallest absolute Gasteiger partial charge is 0.335 e. The molecule has 2 aromatic rings. The fourth-order valence-electron chi connectivity index (χ4n) is 1.38. The Morgan fingerprint density at radius 1 is 1.22 bits per heavy atom. The van der Waals surface area contributed by atoms with Crippen LogP contribution < -0.4 is 4.74 Å². The van der Waals surface area contributed by atoms with E-state index in [4.69, 9.17) is 9.84 Å². The Bertz CT molecular complexity index is 599. The first-order chi connectivity index (χ1) is 8.56. The van der Waals surface area contributed by atoms with Crippen molar-refractivity contribution in [3.63, 3.8) is 0 Å². The SMILES string of the molecule is O=C(O)c1cccc(Oc2ccc(Br)cc2F)c1. The third-order valence-electron chi connectivity index (χ3n) is 2.20. The highest BCUT2D eigenvalue weighted by molar-refractivity contribution is 9.10. The van der Waals surface area contributed by atoms with E-state index in [0.717, 1.165) is 0 Å². The molecule has 0 saturated heterocycles. The van der Waals surface area contributed by atoms with Gasteiger partial charge in [0.1, 0.15) is 5.75 Å². The molecule has 3 nitrogen and oxygen atoms in total. The Hall–Kier alpha value is -1.88. The van der Waals surface area contributed by atoms with Gasteiger partial charge >= 0.3 is 5.97 Å². The number of hydrogen-bond donors (Lipinski definition) is 1.